The maximum Gasteiger partial charge on any atom is 0.317 e. The van der Waals surface area contributed by atoms with Crippen LogP contribution in [0.25, 0.3) is 0 Å². The first-order valence-electron chi connectivity index (χ1n) is 8.78. The molecule has 0 saturated carbocycles. The van der Waals surface area contributed by atoms with Crippen LogP contribution in [-0.4, -0.2) is 69.1 Å². The predicted octanol–water partition coefficient (Wildman–Crippen LogP) is 1.84. The monoisotopic (exact) mass is 401 g/mol. The Balaban J connectivity index is 1.69. The number of carbonyl (C=O) groups excluding carboxylic acids is 1. The molecule has 1 N–H and O–H groups in total. The molecule has 1 atom stereocenters. The number of urea groups is 1. The summed E-state index contributed by atoms with van der Waals surface area (Å²) in [6.07, 6.45) is 1.46. The SMILES string of the molecule is Cc1c(Cl)cccc1S(=O)(=O)N1CCC[C@H](NC(=O)N2CCOCC2)C1. The van der Waals surface area contributed by atoms with Crippen molar-refractivity contribution in [3.8, 4) is 0 Å². The summed E-state index contributed by atoms with van der Waals surface area (Å²) in [5.74, 6) is 0. The van der Waals surface area contributed by atoms with Gasteiger partial charge in [0.1, 0.15) is 0 Å². The number of nitrogens with one attached hydrogen (secondary N) is 1. The van der Waals surface area contributed by atoms with Gasteiger partial charge >= 0.3 is 6.03 Å². The third-order valence-corrected chi connectivity index (χ3v) is 7.26. The topological polar surface area (TPSA) is 79.0 Å². The average Bonchev–Trinajstić information content (AvgIpc) is 2.65. The second-order valence-electron chi connectivity index (χ2n) is 6.61. The number of hydrogen-bond acceptors (Lipinski definition) is 4. The molecule has 0 unspecified atom stereocenters. The molecular weight excluding hydrogens is 378 g/mol. The molecule has 3 rings (SSSR count). The maximum atomic E-state index is 13.0. The molecule has 144 valence electrons. The molecule has 2 heterocycles. The number of nitrogens with zero attached hydrogens (tertiary/aromatic N) is 2. The van der Waals surface area contributed by atoms with Gasteiger partial charge in [-0.1, -0.05) is 17.7 Å². The van der Waals surface area contributed by atoms with E-state index in [0.29, 0.717) is 49.9 Å². The summed E-state index contributed by atoms with van der Waals surface area (Å²) < 4.78 is 32.7. The van der Waals surface area contributed by atoms with Crippen LogP contribution in [0, 0.1) is 6.92 Å². The number of amides is 2. The Morgan fingerprint density at radius 2 is 2.00 bits per heavy atom. The van der Waals surface area contributed by atoms with Gasteiger partial charge in [-0.05, 0) is 37.5 Å². The maximum absolute atomic E-state index is 13.0. The normalized spacial score (nSPS) is 22.2. The van der Waals surface area contributed by atoms with Crippen molar-refractivity contribution in [1.29, 1.82) is 0 Å². The summed E-state index contributed by atoms with van der Waals surface area (Å²) in [5.41, 5.74) is 0.550. The van der Waals surface area contributed by atoms with E-state index in [-0.39, 0.29) is 23.5 Å². The Kier molecular flexibility index (Phi) is 6.06. The van der Waals surface area contributed by atoms with E-state index in [1.165, 1.54) is 4.31 Å². The Labute approximate surface area is 159 Å². The van der Waals surface area contributed by atoms with E-state index in [4.69, 9.17) is 16.3 Å². The minimum absolute atomic E-state index is 0.156. The minimum atomic E-state index is -3.64. The van der Waals surface area contributed by atoms with E-state index < -0.39 is 10.0 Å². The van der Waals surface area contributed by atoms with E-state index in [1.54, 1.807) is 30.0 Å². The van der Waals surface area contributed by atoms with Gasteiger partial charge in [-0.25, -0.2) is 13.2 Å². The Morgan fingerprint density at radius 3 is 2.73 bits per heavy atom. The molecule has 0 bridgehead atoms. The van der Waals surface area contributed by atoms with Crippen molar-refractivity contribution in [3.63, 3.8) is 0 Å². The first kappa shape index (κ1) is 19.4. The zero-order valence-electron chi connectivity index (χ0n) is 14.8. The molecule has 2 amide bonds. The molecular formula is C17H24ClN3O4S. The Bertz CT molecular complexity index is 765. The van der Waals surface area contributed by atoms with Gasteiger partial charge in [0.15, 0.2) is 0 Å². The molecule has 0 radical (unpaired) electrons. The molecule has 2 aliphatic heterocycles. The zero-order valence-corrected chi connectivity index (χ0v) is 16.4. The summed E-state index contributed by atoms with van der Waals surface area (Å²) in [6.45, 7) is 4.60. The molecule has 2 saturated heterocycles. The van der Waals surface area contributed by atoms with Crippen LogP contribution in [-0.2, 0) is 14.8 Å². The van der Waals surface area contributed by atoms with Crippen LogP contribution < -0.4 is 5.32 Å². The number of piperidine rings is 1. The number of morpholine rings is 1. The van der Waals surface area contributed by atoms with Gasteiger partial charge in [-0.3, -0.25) is 0 Å². The van der Waals surface area contributed by atoms with Crippen molar-refractivity contribution >= 4 is 27.7 Å². The highest BCUT2D eigenvalue weighted by Gasteiger charge is 2.32. The van der Waals surface area contributed by atoms with E-state index >= 15 is 0 Å². The molecule has 2 aliphatic rings. The lowest BCUT2D eigenvalue weighted by molar-refractivity contribution is 0.0519. The lowest BCUT2D eigenvalue weighted by Crippen LogP contribution is -2.54. The summed E-state index contributed by atoms with van der Waals surface area (Å²) in [7, 11) is -3.64. The van der Waals surface area contributed by atoms with Crippen LogP contribution in [0.4, 0.5) is 4.79 Å². The molecule has 9 heteroatoms. The number of rotatable bonds is 3. The summed E-state index contributed by atoms with van der Waals surface area (Å²) in [6, 6.07) is 4.54. The second kappa shape index (κ2) is 8.12. The molecule has 7 nitrogen and oxygen atoms in total. The van der Waals surface area contributed by atoms with Crippen LogP contribution >= 0.6 is 11.6 Å². The third kappa shape index (κ3) is 4.14. The predicted molar refractivity (Wildman–Crippen MR) is 98.9 cm³/mol. The first-order chi connectivity index (χ1) is 12.4. The number of ether oxygens (including phenoxy) is 1. The van der Waals surface area contributed by atoms with Crippen molar-refractivity contribution in [2.24, 2.45) is 0 Å². The molecule has 1 aromatic rings. The van der Waals surface area contributed by atoms with E-state index in [1.807, 2.05) is 0 Å². The van der Waals surface area contributed by atoms with Gasteiger partial charge < -0.3 is 15.0 Å². The molecule has 0 aromatic heterocycles. The summed E-state index contributed by atoms with van der Waals surface area (Å²) >= 11 is 6.09. The van der Waals surface area contributed by atoms with Crippen LogP contribution in [0.3, 0.4) is 0 Å². The number of carbonyl (C=O) groups is 1. The fraction of sp³-hybridized carbons (Fsp3) is 0.588. The standard InChI is InChI=1S/C17H24ClN3O4S/c1-13-15(18)5-2-6-16(13)26(23,24)21-7-3-4-14(12-21)19-17(22)20-8-10-25-11-9-20/h2,5-6,14H,3-4,7-12H2,1H3,(H,19,22)/t14-/m0/s1. The third-order valence-electron chi connectivity index (χ3n) is 4.85. The van der Waals surface area contributed by atoms with E-state index in [0.717, 1.165) is 6.42 Å². The van der Waals surface area contributed by atoms with Gasteiger partial charge in [-0.2, -0.15) is 4.31 Å². The van der Waals surface area contributed by atoms with Crippen molar-refractivity contribution in [2.45, 2.75) is 30.7 Å². The summed E-state index contributed by atoms with van der Waals surface area (Å²) in [4.78, 5) is 14.3. The molecule has 26 heavy (non-hydrogen) atoms. The number of benzene rings is 1. The highest BCUT2D eigenvalue weighted by atomic mass is 35.5. The smallest absolute Gasteiger partial charge is 0.317 e. The molecule has 2 fully saturated rings. The number of sulfonamides is 1. The van der Waals surface area contributed by atoms with Crippen LogP contribution in [0.1, 0.15) is 18.4 Å². The quantitative estimate of drug-likeness (QED) is 0.838. The summed E-state index contributed by atoms with van der Waals surface area (Å²) in [5, 5.41) is 3.40. The van der Waals surface area contributed by atoms with Crippen LogP contribution in [0.5, 0.6) is 0 Å². The fourth-order valence-electron chi connectivity index (χ4n) is 3.32. The van der Waals surface area contributed by atoms with E-state index in [2.05, 4.69) is 5.32 Å². The Hall–Kier alpha value is -1.35. The molecule has 0 spiro atoms. The highest BCUT2D eigenvalue weighted by molar-refractivity contribution is 7.89. The average molecular weight is 402 g/mol. The van der Waals surface area contributed by atoms with E-state index in [9.17, 15) is 13.2 Å². The molecule has 0 aliphatic carbocycles. The van der Waals surface area contributed by atoms with Crippen molar-refractivity contribution < 1.29 is 17.9 Å². The van der Waals surface area contributed by atoms with Gasteiger partial charge in [0.25, 0.3) is 0 Å². The van der Waals surface area contributed by atoms with Crippen molar-refractivity contribution in [2.75, 3.05) is 39.4 Å². The van der Waals surface area contributed by atoms with Gasteiger partial charge in [-0.15, -0.1) is 0 Å². The van der Waals surface area contributed by atoms with Gasteiger partial charge in [0.05, 0.1) is 18.1 Å². The van der Waals surface area contributed by atoms with Crippen molar-refractivity contribution in [1.82, 2.24) is 14.5 Å². The van der Waals surface area contributed by atoms with Gasteiger partial charge in [0, 0.05) is 37.2 Å². The van der Waals surface area contributed by atoms with Crippen LogP contribution in [0.15, 0.2) is 23.1 Å². The minimum Gasteiger partial charge on any atom is -0.378 e. The van der Waals surface area contributed by atoms with Gasteiger partial charge in [0.2, 0.25) is 10.0 Å². The zero-order chi connectivity index (χ0) is 18.7. The number of hydrogen-bond donors (Lipinski definition) is 1. The van der Waals surface area contributed by atoms with Crippen molar-refractivity contribution in [3.05, 3.63) is 28.8 Å². The highest BCUT2D eigenvalue weighted by Crippen LogP contribution is 2.27. The second-order valence-corrected chi connectivity index (χ2v) is 8.93. The Morgan fingerprint density at radius 1 is 1.27 bits per heavy atom. The first-order valence-corrected chi connectivity index (χ1v) is 10.6. The fourth-order valence-corrected chi connectivity index (χ4v) is 5.32. The lowest BCUT2D eigenvalue weighted by atomic mass is 10.1. The number of halogens is 1. The van der Waals surface area contributed by atoms with Crippen LogP contribution in [0.2, 0.25) is 5.02 Å². The molecule has 1 aromatic carbocycles. The lowest BCUT2D eigenvalue weighted by Gasteiger charge is -2.35. The largest absolute Gasteiger partial charge is 0.378 e.